The maximum absolute atomic E-state index is 12.8. The number of ether oxygens (including phenoxy) is 3. The van der Waals surface area contributed by atoms with Crippen LogP contribution in [0.3, 0.4) is 0 Å². The summed E-state index contributed by atoms with van der Waals surface area (Å²) in [6.07, 6.45) is 75.8. The Morgan fingerprint density at radius 3 is 0.957 bits per heavy atom. The molecule has 0 saturated carbocycles. The quantitative estimate of drug-likeness (QED) is 0.0262. The Hall–Kier alpha value is -3.67. The van der Waals surface area contributed by atoms with Gasteiger partial charge in [0.1, 0.15) is 13.2 Å². The largest absolute Gasteiger partial charge is 0.462 e. The molecule has 6 nitrogen and oxygen atoms in total. The van der Waals surface area contributed by atoms with Crippen molar-refractivity contribution in [2.75, 3.05) is 13.2 Å². The van der Waals surface area contributed by atoms with Gasteiger partial charge in [-0.15, -0.1) is 0 Å². The molecule has 0 heterocycles. The van der Waals surface area contributed by atoms with Gasteiger partial charge in [0.25, 0.3) is 0 Å². The molecule has 0 N–H and O–H groups in total. The fourth-order valence-corrected chi connectivity index (χ4v) is 7.89. The van der Waals surface area contributed by atoms with Crippen molar-refractivity contribution in [3.8, 4) is 0 Å². The number of unbranched alkanes of at least 4 members (excludes halogenated alkanes) is 25. The Morgan fingerprint density at radius 2 is 0.609 bits per heavy atom. The van der Waals surface area contributed by atoms with Gasteiger partial charge in [-0.25, -0.2) is 0 Å². The van der Waals surface area contributed by atoms with Crippen LogP contribution < -0.4 is 0 Å². The van der Waals surface area contributed by atoms with Crippen LogP contribution in [0, 0.1) is 0 Å². The summed E-state index contributed by atoms with van der Waals surface area (Å²) in [5, 5.41) is 0. The van der Waals surface area contributed by atoms with Gasteiger partial charge < -0.3 is 14.2 Å². The van der Waals surface area contributed by atoms with Crippen LogP contribution in [0.2, 0.25) is 0 Å². The van der Waals surface area contributed by atoms with Crippen LogP contribution in [-0.4, -0.2) is 37.2 Å². The van der Waals surface area contributed by atoms with Crippen molar-refractivity contribution >= 4 is 17.9 Å². The fraction of sp³-hybridized carbons (Fsp3) is 0.698. The molecular weight excluding hydrogens is 853 g/mol. The van der Waals surface area contributed by atoms with Gasteiger partial charge in [-0.05, 0) is 77.0 Å². The summed E-state index contributed by atoms with van der Waals surface area (Å²) in [5.41, 5.74) is 0. The number of carbonyl (C=O) groups is 3. The van der Waals surface area contributed by atoms with Crippen molar-refractivity contribution in [3.05, 3.63) is 97.2 Å². The lowest BCUT2D eigenvalue weighted by Gasteiger charge is -2.18. The summed E-state index contributed by atoms with van der Waals surface area (Å²) < 4.78 is 16.7. The van der Waals surface area contributed by atoms with Gasteiger partial charge in [-0.1, -0.05) is 266 Å². The predicted octanol–water partition coefficient (Wildman–Crippen LogP) is 19.3. The van der Waals surface area contributed by atoms with E-state index in [4.69, 9.17) is 14.2 Å². The zero-order valence-corrected chi connectivity index (χ0v) is 45.0. The fourth-order valence-electron chi connectivity index (χ4n) is 7.89. The Labute approximate surface area is 426 Å². The minimum Gasteiger partial charge on any atom is -0.462 e. The van der Waals surface area contributed by atoms with Crippen LogP contribution >= 0.6 is 0 Å². The van der Waals surface area contributed by atoms with Gasteiger partial charge in [-0.2, -0.15) is 0 Å². The van der Waals surface area contributed by atoms with Crippen molar-refractivity contribution in [1.82, 2.24) is 0 Å². The highest BCUT2D eigenvalue weighted by Crippen LogP contribution is 2.16. The lowest BCUT2D eigenvalue weighted by molar-refractivity contribution is -0.166. The first-order valence-corrected chi connectivity index (χ1v) is 28.7. The van der Waals surface area contributed by atoms with E-state index >= 15 is 0 Å². The van der Waals surface area contributed by atoms with E-state index in [1.807, 2.05) is 6.08 Å². The molecule has 0 bridgehead atoms. The van der Waals surface area contributed by atoms with E-state index in [1.54, 1.807) is 6.08 Å². The van der Waals surface area contributed by atoms with Crippen molar-refractivity contribution in [2.45, 2.75) is 271 Å². The van der Waals surface area contributed by atoms with Crippen LogP contribution in [0.15, 0.2) is 97.2 Å². The summed E-state index contributed by atoms with van der Waals surface area (Å²) in [4.78, 5) is 38.1. The minimum absolute atomic E-state index is 0.0924. The van der Waals surface area contributed by atoms with Crippen LogP contribution in [-0.2, 0) is 28.6 Å². The van der Waals surface area contributed by atoms with Crippen LogP contribution in [0.5, 0.6) is 0 Å². The second kappa shape index (κ2) is 56.9. The molecule has 69 heavy (non-hydrogen) atoms. The number of rotatable bonds is 51. The van der Waals surface area contributed by atoms with Crippen molar-refractivity contribution in [3.63, 3.8) is 0 Å². The first kappa shape index (κ1) is 65.3. The third-order valence-electron chi connectivity index (χ3n) is 12.1. The average molecular weight is 960 g/mol. The van der Waals surface area contributed by atoms with Gasteiger partial charge in [0.05, 0.1) is 6.42 Å². The molecule has 0 rings (SSSR count). The third-order valence-corrected chi connectivity index (χ3v) is 12.1. The lowest BCUT2D eigenvalue weighted by atomic mass is 10.0. The number of carbonyl (C=O) groups excluding carboxylic acids is 3. The van der Waals surface area contributed by atoms with Gasteiger partial charge in [0, 0.05) is 12.8 Å². The Bertz CT molecular complexity index is 1380. The first-order chi connectivity index (χ1) is 34.0. The molecular formula is C63H106O6. The summed E-state index contributed by atoms with van der Waals surface area (Å²) >= 11 is 0. The highest BCUT2D eigenvalue weighted by Gasteiger charge is 2.19. The molecule has 6 heteroatoms. The minimum atomic E-state index is -0.839. The Balaban J connectivity index is 4.44. The zero-order chi connectivity index (χ0) is 50.0. The zero-order valence-electron chi connectivity index (χ0n) is 45.0. The van der Waals surface area contributed by atoms with Gasteiger partial charge in [0.15, 0.2) is 6.10 Å². The maximum Gasteiger partial charge on any atom is 0.310 e. The summed E-state index contributed by atoms with van der Waals surface area (Å²) in [6, 6.07) is 0. The highest BCUT2D eigenvalue weighted by atomic mass is 16.6. The lowest BCUT2D eigenvalue weighted by Crippen LogP contribution is -2.30. The molecule has 0 aliphatic heterocycles. The number of allylic oxidation sites excluding steroid dienone is 15. The molecule has 0 amide bonds. The van der Waals surface area contributed by atoms with E-state index < -0.39 is 12.1 Å². The van der Waals surface area contributed by atoms with E-state index in [1.165, 1.54) is 116 Å². The molecule has 0 aromatic rings. The molecule has 0 fully saturated rings. The van der Waals surface area contributed by atoms with Gasteiger partial charge in [-0.3, -0.25) is 14.4 Å². The van der Waals surface area contributed by atoms with Gasteiger partial charge in [0.2, 0.25) is 0 Å². The van der Waals surface area contributed by atoms with Crippen LogP contribution in [0.4, 0.5) is 0 Å². The maximum atomic E-state index is 12.8. The van der Waals surface area contributed by atoms with Crippen molar-refractivity contribution in [2.24, 2.45) is 0 Å². The Morgan fingerprint density at radius 1 is 0.319 bits per heavy atom. The molecule has 0 aliphatic carbocycles. The van der Waals surface area contributed by atoms with E-state index in [9.17, 15) is 14.4 Å². The third kappa shape index (κ3) is 55.1. The Kier molecular flexibility index (Phi) is 53.9. The topological polar surface area (TPSA) is 78.9 Å². The molecule has 394 valence electrons. The molecule has 1 unspecified atom stereocenters. The smallest absolute Gasteiger partial charge is 0.310 e. The number of hydrogen-bond acceptors (Lipinski definition) is 6. The first-order valence-electron chi connectivity index (χ1n) is 28.7. The highest BCUT2D eigenvalue weighted by molar-refractivity contribution is 5.72. The second-order valence-corrected chi connectivity index (χ2v) is 18.8. The molecule has 0 aromatic heterocycles. The molecule has 0 aromatic carbocycles. The SMILES string of the molecule is CC/C=C\C/C=C\C/C=C\C/C=C\C/C=C\CC(=O)OC(COC(=O)CCCCCCC/C=C\C/C=C\C/C=C\CC)COC(=O)CCCCCCCCCCCCCCCCCCCCCCC. The monoisotopic (exact) mass is 959 g/mol. The standard InChI is InChI=1S/C63H106O6/c1-4-7-10-13-16-19-22-25-28-29-30-31-32-33-36-38-41-44-47-50-53-56-62(65)68-59-60(69-63(66)57-54-51-48-45-42-39-35-27-24-21-18-15-12-9-6-3)58-67-61(64)55-52-49-46-43-40-37-34-26-23-20-17-14-11-8-5-2/h8-9,11-12,17-18,20-21,26-27,34-35,42,45,51,54,60H,4-7,10,13-16,19,22-25,28-33,36-41,43-44,46-50,52-53,55-59H2,1-3H3/b11-8-,12-9-,20-17-,21-18-,34-26-,35-27-,45-42-,54-51-. The molecule has 0 saturated heterocycles. The van der Waals surface area contributed by atoms with Crippen LogP contribution in [0.1, 0.15) is 265 Å². The molecule has 1 atom stereocenters. The normalized spacial score (nSPS) is 12.8. The van der Waals surface area contributed by atoms with Crippen LogP contribution in [0.25, 0.3) is 0 Å². The molecule has 0 aliphatic rings. The van der Waals surface area contributed by atoms with Gasteiger partial charge >= 0.3 is 17.9 Å². The average Bonchev–Trinajstić information content (AvgIpc) is 3.35. The summed E-state index contributed by atoms with van der Waals surface area (Å²) in [6.45, 7) is 6.33. The van der Waals surface area contributed by atoms with E-state index in [0.717, 1.165) is 109 Å². The molecule has 0 radical (unpaired) electrons. The number of esters is 3. The van der Waals surface area contributed by atoms with Crippen molar-refractivity contribution in [1.29, 1.82) is 0 Å². The summed E-state index contributed by atoms with van der Waals surface area (Å²) in [7, 11) is 0. The second-order valence-electron chi connectivity index (χ2n) is 18.8. The van der Waals surface area contributed by atoms with E-state index in [-0.39, 0.29) is 31.6 Å². The molecule has 0 spiro atoms. The predicted molar refractivity (Wildman–Crippen MR) is 297 cm³/mol. The number of hydrogen-bond donors (Lipinski definition) is 0. The summed E-state index contributed by atoms with van der Waals surface area (Å²) in [5.74, 6) is -1.06. The van der Waals surface area contributed by atoms with Crippen molar-refractivity contribution < 1.29 is 28.6 Å². The van der Waals surface area contributed by atoms with E-state index in [0.29, 0.717) is 12.8 Å². The van der Waals surface area contributed by atoms with E-state index in [2.05, 4.69) is 106 Å².